The van der Waals surface area contributed by atoms with Crippen LogP contribution in [0, 0.1) is 5.82 Å². The molecule has 0 radical (unpaired) electrons. The highest BCUT2D eigenvalue weighted by atomic mass is 19.1. The van der Waals surface area contributed by atoms with Crippen LogP contribution in [0.1, 0.15) is 23.0 Å². The van der Waals surface area contributed by atoms with E-state index < -0.39 is 5.82 Å². The topological polar surface area (TPSA) is 64.2 Å². The summed E-state index contributed by atoms with van der Waals surface area (Å²) in [6.45, 7) is 1.20. The van der Waals surface area contributed by atoms with E-state index in [-0.39, 0.29) is 23.4 Å². The van der Waals surface area contributed by atoms with E-state index in [9.17, 15) is 9.18 Å². The van der Waals surface area contributed by atoms with Crippen LogP contribution in [-0.4, -0.2) is 38.8 Å². The number of benzene rings is 1. The Hall–Kier alpha value is -2.96. The smallest absolute Gasteiger partial charge is 0.276 e. The van der Waals surface area contributed by atoms with Crippen LogP contribution in [0.25, 0.3) is 11.3 Å². The van der Waals surface area contributed by atoms with Crippen LogP contribution in [0.3, 0.4) is 0 Å². The second-order valence-corrected chi connectivity index (χ2v) is 5.74. The number of carbonyl (C=O) groups is 1. The molecule has 1 unspecified atom stereocenters. The summed E-state index contributed by atoms with van der Waals surface area (Å²) in [5, 5.41) is 8.03. The monoisotopic (exact) mass is 326 g/mol. The van der Waals surface area contributed by atoms with Crippen LogP contribution >= 0.6 is 0 Å². The Morgan fingerprint density at radius 3 is 2.96 bits per heavy atom. The molecular formula is C17H15FN4O2. The fourth-order valence-corrected chi connectivity index (χ4v) is 2.96. The van der Waals surface area contributed by atoms with Crippen LogP contribution < -0.4 is 0 Å². The van der Waals surface area contributed by atoms with Gasteiger partial charge in [0.2, 0.25) is 0 Å². The molecule has 1 aromatic carbocycles. The maximum Gasteiger partial charge on any atom is 0.276 e. The summed E-state index contributed by atoms with van der Waals surface area (Å²) in [5.74, 6) is -0.372. The maximum absolute atomic E-state index is 13.8. The van der Waals surface area contributed by atoms with Gasteiger partial charge in [-0.2, -0.15) is 5.10 Å². The van der Waals surface area contributed by atoms with E-state index in [0.29, 0.717) is 18.7 Å². The molecule has 4 rings (SSSR count). The normalized spacial score (nSPS) is 17.4. The lowest BCUT2D eigenvalue weighted by Gasteiger charge is -2.14. The molecule has 1 saturated heterocycles. The van der Waals surface area contributed by atoms with Gasteiger partial charge in [-0.15, -0.1) is 0 Å². The second-order valence-electron chi connectivity index (χ2n) is 5.74. The van der Waals surface area contributed by atoms with Gasteiger partial charge in [0.15, 0.2) is 11.5 Å². The van der Waals surface area contributed by atoms with Crippen molar-refractivity contribution in [2.24, 2.45) is 0 Å². The third-order valence-electron chi connectivity index (χ3n) is 4.22. The molecule has 122 valence electrons. The zero-order valence-electron chi connectivity index (χ0n) is 12.8. The van der Waals surface area contributed by atoms with E-state index >= 15 is 0 Å². The zero-order chi connectivity index (χ0) is 16.5. The summed E-state index contributed by atoms with van der Waals surface area (Å²) in [5.41, 5.74) is 0.481. The molecule has 6 nitrogen and oxygen atoms in total. The standard InChI is InChI=1S/C17H15FN4O2/c18-14-5-2-1-4-13(14)16-10-15(20-24-16)17(23)21-9-6-12(11-21)22-8-3-7-19-22/h1-5,7-8,10,12H,6,9,11H2. The highest BCUT2D eigenvalue weighted by Crippen LogP contribution is 2.26. The molecule has 3 heterocycles. The van der Waals surface area contributed by atoms with E-state index in [4.69, 9.17) is 4.52 Å². The molecule has 3 aromatic rings. The van der Waals surface area contributed by atoms with Gasteiger partial charge in [-0.3, -0.25) is 9.48 Å². The molecule has 0 saturated carbocycles. The van der Waals surface area contributed by atoms with Gasteiger partial charge in [0.1, 0.15) is 5.82 Å². The molecule has 0 spiro atoms. The lowest BCUT2D eigenvalue weighted by atomic mass is 10.1. The number of amides is 1. The second kappa shape index (κ2) is 5.92. The minimum atomic E-state index is -0.410. The average molecular weight is 326 g/mol. The van der Waals surface area contributed by atoms with Crippen molar-refractivity contribution in [2.75, 3.05) is 13.1 Å². The van der Waals surface area contributed by atoms with Gasteiger partial charge in [0.05, 0.1) is 11.6 Å². The maximum atomic E-state index is 13.8. The molecule has 1 aliphatic heterocycles. The Morgan fingerprint density at radius 1 is 1.29 bits per heavy atom. The SMILES string of the molecule is O=C(c1cc(-c2ccccc2F)on1)N1CCC(n2cccn2)C1. The predicted octanol–water partition coefficient (Wildman–Crippen LogP) is 2.76. The van der Waals surface area contributed by atoms with Gasteiger partial charge in [-0.05, 0) is 24.6 Å². The number of aromatic nitrogens is 3. The Labute approximate surface area is 137 Å². The number of hydrogen-bond donors (Lipinski definition) is 0. The van der Waals surface area contributed by atoms with Crippen molar-refractivity contribution >= 4 is 5.91 Å². The Morgan fingerprint density at radius 2 is 2.17 bits per heavy atom. The molecule has 1 aliphatic rings. The predicted molar refractivity (Wildman–Crippen MR) is 83.7 cm³/mol. The molecule has 1 fully saturated rings. The van der Waals surface area contributed by atoms with Crippen molar-refractivity contribution in [1.82, 2.24) is 19.8 Å². The van der Waals surface area contributed by atoms with Crippen molar-refractivity contribution in [3.05, 3.63) is 60.3 Å². The lowest BCUT2D eigenvalue weighted by Crippen LogP contribution is -2.29. The third-order valence-corrected chi connectivity index (χ3v) is 4.22. The first kappa shape index (κ1) is 14.6. The van der Waals surface area contributed by atoms with Crippen LogP contribution in [0.4, 0.5) is 4.39 Å². The van der Waals surface area contributed by atoms with Crippen LogP contribution in [0.2, 0.25) is 0 Å². The van der Waals surface area contributed by atoms with Crippen molar-refractivity contribution in [3.8, 4) is 11.3 Å². The highest BCUT2D eigenvalue weighted by molar-refractivity contribution is 5.93. The van der Waals surface area contributed by atoms with Crippen LogP contribution in [0.5, 0.6) is 0 Å². The molecule has 1 amide bonds. The van der Waals surface area contributed by atoms with Crippen molar-refractivity contribution < 1.29 is 13.7 Å². The van der Waals surface area contributed by atoms with Gasteiger partial charge in [-0.1, -0.05) is 17.3 Å². The minimum absolute atomic E-state index is 0.168. The quantitative estimate of drug-likeness (QED) is 0.742. The first-order chi connectivity index (χ1) is 11.7. The van der Waals surface area contributed by atoms with Crippen LogP contribution in [0.15, 0.2) is 53.3 Å². The van der Waals surface area contributed by atoms with E-state index in [0.717, 1.165) is 6.42 Å². The van der Waals surface area contributed by atoms with E-state index in [1.165, 1.54) is 12.1 Å². The van der Waals surface area contributed by atoms with Crippen LogP contribution in [-0.2, 0) is 0 Å². The number of rotatable bonds is 3. The summed E-state index contributed by atoms with van der Waals surface area (Å²) in [4.78, 5) is 14.3. The zero-order valence-corrected chi connectivity index (χ0v) is 12.8. The van der Waals surface area contributed by atoms with Crippen molar-refractivity contribution in [1.29, 1.82) is 0 Å². The number of likely N-dealkylation sites (tertiary alicyclic amines) is 1. The van der Waals surface area contributed by atoms with Gasteiger partial charge >= 0.3 is 0 Å². The fourth-order valence-electron chi connectivity index (χ4n) is 2.96. The summed E-state index contributed by atoms with van der Waals surface area (Å²) in [6.07, 6.45) is 4.46. The Bertz CT molecular complexity index is 859. The first-order valence-corrected chi connectivity index (χ1v) is 7.72. The Balaban J connectivity index is 1.51. The summed E-state index contributed by atoms with van der Waals surface area (Å²) >= 11 is 0. The minimum Gasteiger partial charge on any atom is -0.355 e. The van der Waals surface area contributed by atoms with E-state index in [2.05, 4.69) is 10.3 Å². The number of carbonyl (C=O) groups excluding carboxylic acids is 1. The molecule has 0 bridgehead atoms. The van der Waals surface area contributed by atoms with Gasteiger partial charge in [0, 0.05) is 31.5 Å². The number of halogens is 1. The number of hydrogen-bond acceptors (Lipinski definition) is 4. The molecule has 2 aromatic heterocycles. The molecule has 24 heavy (non-hydrogen) atoms. The molecule has 7 heteroatoms. The van der Waals surface area contributed by atoms with Crippen molar-refractivity contribution in [3.63, 3.8) is 0 Å². The van der Waals surface area contributed by atoms with Gasteiger partial charge < -0.3 is 9.42 Å². The van der Waals surface area contributed by atoms with Crippen molar-refractivity contribution in [2.45, 2.75) is 12.5 Å². The third kappa shape index (κ3) is 2.58. The molecule has 1 atom stereocenters. The highest BCUT2D eigenvalue weighted by Gasteiger charge is 2.30. The largest absolute Gasteiger partial charge is 0.355 e. The molecular weight excluding hydrogens is 311 g/mol. The van der Waals surface area contributed by atoms with E-state index in [1.54, 1.807) is 29.3 Å². The summed E-state index contributed by atoms with van der Waals surface area (Å²) in [6, 6.07) is 9.76. The number of nitrogens with zero attached hydrogens (tertiary/aromatic N) is 4. The van der Waals surface area contributed by atoms with Gasteiger partial charge in [0.25, 0.3) is 5.91 Å². The lowest BCUT2D eigenvalue weighted by molar-refractivity contribution is 0.0777. The van der Waals surface area contributed by atoms with Gasteiger partial charge in [-0.25, -0.2) is 4.39 Å². The molecule has 0 aliphatic carbocycles. The Kier molecular flexibility index (Phi) is 3.60. The summed E-state index contributed by atoms with van der Waals surface area (Å²) in [7, 11) is 0. The average Bonchev–Trinajstić information content (AvgIpc) is 3.34. The summed E-state index contributed by atoms with van der Waals surface area (Å²) < 4.78 is 20.8. The van der Waals surface area contributed by atoms with E-state index in [1.807, 2.05) is 16.9 Å². The molecule has 0 N–H and O–H groups in total. The fraction of sp³-hybridized carbons (Fsp3) is 0.235. The first-order valence-electron chi connectivity index (χ1n) is 7.72.